The summed E-state index contributed by atoms with van der Waals surface area (Å²) in [6.07, 6.45) is 0. The van der Waals surface area contributed by atoms with Crippen LogP contribution in [-0.2, 0) is 14.1 Å². The molecule has 0 aliphatic rings. The van der Waals surface area contributed by atoms with Crippen molar-refractivity contribution in [2.45, 2.75) is 0 Å². The Morgan fingerprint density at radius 2 is 1.06 bits per heavy atom. The summed E-state index contributed by atoms with van der Waals surface area (Å²) in [7, 11) is -0.106. The van der Waals surface area contributed by atoms with Crippen LogP contribution in [0.2, 0.25) is 0 Å². The summed E-state index contributed by atoms with van der Waals surface area (Å²) < 4.78 is 8.55. The van der Waals surface area contributed by atoms with E-state index in [2.05, 4.69) is 0 Å². The molecule has 1 aromatic heterocycles. The molecule has 1 N–H and O–H groups in total. The van der Waals surface area contributed by atoms with Crippen molar-refractivity contribution in [3.05, 3.63) is 112 Å². The van der Waals surface area contributed by atoms with E-state index in [9.17, 15) is 14.7 Å². The highest BCUT2D eigenvalue weighted by atomic mass is 31.2. The molecule has 0 saturated heterocycles. The Kier molecular flexibility index (Phi) is 5.49. The van der Waals surface area contributed by atoms with Crippen LogP contribution in [0.5, 0.6) is 11.6 Å². The summed E-state index contributed by atoms with van der Waals surface area (Å²) >= 11 is 0. The molecule has 0 spiro atoms. The van der Waals surface area contributed by atoms with Crippen LogP contribution in [0.1, 0.15) is 0 Å². The maximum atomic E-state index is 13.0. The van der Waals surface area contributed by atoms with Gasteiger partial charge < -0.3 is 9.63 Å². The van der Waals surface area contributed by atoms with Crippen molar-refractivity contribution in [3.63, 3.8) is 0 Å². The SMILES string of the molecule is Cn1c(O)c(O[P+](c2ccccc2)(c2ccccc2)c2ccccc2)c(=O)n(C)c1=O. The molecule has 4 aromatic rings. The highest BCUT2D eigenvalue weighted by Gasteiger charge is 2.51. The Bertz CT molecular complexity index is 1220. The van der Waals surface area contributed by atoms with Gasteiger partial charge in [0, 0.05) is 14.1 Å². The van der Waals surface area contributed by atoms with Gasteiger partial charge in [0.1, 0.15) is 15.9 Å². The van der Waals surface area contributed by atoms with E-state index < -0.39 is 24.6 Å². The van der Waals surface area contributed by atoms with Crippen LogP contribution in [-0.4, -0.2) is 14.2 Å². The average molecular weight is 433 g/mol. The minimum atomic E-state index is -2.87. The van der Waals surface area contributed by atoms with Crippen LogP contribution >= 0.6 is 7.49 Å². The quantitative estimate of drug-likeness (QED) is 0.489. The maximum Gasteiger partial charge on any atom is 0.333 e. The van der Waals surface area contributed by atoms with E-state index in [-0.39, 0.29) is 5.75 Å². The van der Waals surface area contributed by atoms with Gasteiger partial charge in [-0.3, -0.25) is 13.9 Å². The van der Waals surface area contributed by atoms with E-state index in [4.69, 9.17) is 4.52 Å². The van der Waals surface area contributed by atoms with E-state index in [0.29, 0.717) is 0 Å². The van der Waals surface area contributed by atoms with E-state index in [1.165, 1.54) is 14.1 Å². The molecule has 0 radical (unpaired) electrons. The number of hydrogen-bond donors (Lipinski definition) is 1. The van der Waals surface area contributed by atoms with Crippen LogP contribution in [0.15, 0.2) is 101 Å². The molecule has 0 bridgehead atoms. The second-order valence-corrected chi connectivity index (χ2v) is 10.0. The normalized spacial score (nSPS) is 11.3. The summed E-state index contributed by atoms with van der Waals surface area (Å²) in [5, 5.41) is 13.4. The Morgan fingerprint density at radius 1 is 0.677 bits per heavy atom. The molecular formula is C24H22N2O4P+. The standard InChI is InChI=1S/C24H21N2O4P/c1-25-22(27)21(23(28)26(2)24(25)29)30-31(18-12-6-3-7-13-18,19-14-8-4-9-15-19)20-16-10-5-11-17-20/h3-17H,1-2H3/p+1. The van der Waals surface area contributed by atoms with Crippen molar-refractivity contribution >= 4 is 23.4 Å². The van der Waals surface area contributed by atoms with E-state index >= 15 is 0 Å². The molecule has 1 heterocycles. The summed E-state index contributed by atoms with van der Waals surface area (Å²) in [6, 6.07) is 29.0. The van der Waals surface area contributed by atoms with Gasteiger partial charge in [-0.05, 0) is 36.4 Å². The fraction of sp³-hybridized carbons (Fsp3) is 0.0833. The van der Waals surface area contributed by atoms with Gasteiger partial charge >= 0.3 is 11.2 Å². The highest BCUT2D eigenvalue weighted by Crippen LogP contribution is 2.56. The van der Waals surface area contributed by atoms with Crippen LogP contribution in [0, 0.1) is 0 Å². The molecule has 0 aliphatic carbocycles. The van der Waals surface area contributed by atoms with Crippen LogP contribution in [0.3, 0.4) is 0 Å². The van der Waals surface area contributed by atoms with Gasteiger partial charge in [-0.2, -0.15) is 0 Å². The van der Waals surface area contributed by atoms with Gasteiger partial charge in [-0.25, -0.2) is 4.79 Å². The lowest BCUT2D eigenvalue weighted by atomic mass is 10.4. The summed E-state index contributed by atoms with van der Waals surface area (Å²) in [4.78, 5) is 25.3. The highest BCUT2D eigenvalue weighted by molar-refractivity contribution is 7.92. The Balaban J connectivity index is 2.10. The Labute approximate surface area is 180 Å². The second kappa shape index (κ2) is 8.25. The van der Waals surface area contributed by atoms with Gasteiger partial charge in [0.25, 0.3) is 13.2 Å². The summed E-state index contributed by atoms with van der Waals surface area (Å²) in [6.45, 7) is 0. The van der Waals surface area contributed by atoms with Crippen LogP contribution in [0.4, 0.5) is 0 Å². The molecule has 0 unspecified atom stereocenters. The minimum Gasteiger partial charge on any atom is -0.491 e. The first kappa shape index (κ1) is 20.6. The Morgan fingerprint density at radius 3 is 1.45 bits per heavy atom. The molecule has 7 heteroatoms. The molecular weight excluding hydrogens is 411 g/mol. The summed E-state index contributed by atoms with van der Waals surface area (Å²) in [5.41, 5.74) is -1.31. The van der Waals surface area contributed by atoms with Crippen molar-refractivity contribution in [1.82, 2.24) is 9.13 Å². The number of benzene rings is 3. The first-order chi connectivity index (χ1) is 15.0. The number of hydrogen-bond acceptors (Lipinski definition) is 4. The first-order valence-electron chi connectivity index (χ1n) is 9.71. The fourth-order valence-electron chi connectivity index (χ4n) is 3.54. The molecule has 0 fully saturated rings. The monoisotopic (exact) mass is 433 g/mol. The first-order valence-corrected chi connectivity index (χ1v) is 11.4. The molecule has 4 rings (SSSR count). The van der Waals surface area contributed by atoms with Gasteiger partial charge in [0.05, 0.1) is 0 Å². The van der Waals surface area contributed by atoms with Gasteiger partial charge in [-0.1, -0.05) is 54.6 Å². The lowest BCUT2D eigenvalue weighted by Crippen LogP contribution is -2.40. The molecule has 6 nitrogen and oxygen atoms in total. The van der Waals surface area contributed by atoms with Crippen LogP contribution in [0.25, 0.3) is 0 Å². The molecule has 0 amide bonds. The maximum absolute atomic E-state index is 13.0. The third-order valence-electron chi connectivity index (χ3n) is 5.18. The van der Waals surface area contributed by atoms with Crippen molar-refractivity contribution in [2.75, 3.05) is 0 Å². The van der Waals surface area contributed by atoms with Crippen molar-refractivity contribution in [1.29, 1.82) is 0 Å². The van der Waals surface area contributed by atoms with E-state index in [0.717, 1.165) is 25.0 Å². The lowest BCUT2D eigenvalue weighted by Gasteiger charge is -2.26. The number of rotatable bonds is 5. The van der Waals surface area contributed by atoms with Gasteiger partial charge in [0.2, 0.25) is 5.88 Å². The lowest BCUT2D eigenvalue weighted by molar-refractivity contribution is 0.384. The minimum absolute atomic E-state index is 0.255. The third-order valence-corrected chi connectivity index (χ3v) is 8.71. The van der Waals surface area contributed by atoms with Crippen LogP contribution < -0.4 is 31.7 Å². The third kappa shape index (κ3) is 3.45. The number of aromatic nitrogens is 2. The summed E-state index contributed by atoms with van der Waals surface area (Å²) in [5.74, 6) is -0.755. The molecule has 0 atom stereocenters. The zero-order valence-corrected chi connectivity index (χ0v) is 18.1. The molecule has 0 saturated carbocycles. The fourth-order valence-corrected chi connectivity index (χ4v) is 6.96. The van der Waals surface area contributed by atoms with Gasteiger partial charge in [-0.15, -0.1) is 0 Å². The molecule has 3 aromatic carbocycles. The molecule has 31 heavy (non-hydrogen) atoms. The number of nitrogens with zero attached hydrogens (tertiary/aromatic N) is 2. The largest absolute Gasteiger partial charge is 0.491 e. The van der Waals surface area contributed by atoms with Crippen molar-refractivity contribution < 1.29 is 9.63 Å². The van der Waals surface area contributed by atoms with Crippen molar-refractivity contribution in [2.24, 2.45) is 14.1 Å². The Hall–Kier alpha value is -3.63. The zero-order valence-electron chi connectivity index (χ0n) is 17.2. The predicted octanol–water partition coefficient (Wildman–Crippen LogP) is 2.08. The smallest absolute Gasteiger partial charge is 0.333 e. The van der Waals surface area contributed by atoms with Gasteiger partial charge in [0.15, 0.2) is 0 Å². The zero-order chi connectivity index (χ0) is 22.0. The van der Waals surface area contributed by atoms with E-state index in [1.54, 1.807) is 0 Å². The average Bonchev–Trinajstić information content (AvgIpc) is 2.83. The molecule has 0 aliphatic heterocycles. The second-order valence-electron chi connectivity index (χ2n) is 7.07. The predicted molar refractivity (Wildman–Crippen MR) is 124 cm³/mol. The molecule has 156 valence electrons. The van der Waals surface area contributed by atoms with E-state index in [1.807, 2.05) is 91.0 Å². The number of aromatic hydroxyl groups is 1. The topological polar surface area (TPSA) is 73.5 Å². The van der Waals surface area contributed by atoms with Crippen molar-refractivity contribution in [3.8, 4) is 11.6 Å².